The van der Waals surface area contributed by atoms with Crippen molar-refractivity contribution in [3.8, 4) is 0 Å². The van der Waals surface area contributed by atoms with Crippen LogP contribution < -0.4 is 4.90 Å². The van der Waals surface area contributed by atoms with Gasteiger partial charge in [0.2, 0.25) is 0 Å². The van der Waals surface area contributed by atoms with Crippen molar-refractivity contribution in [1.82, 2.24) is 0 Å². The van der Waals surface area contributed by atoms with E-state index < -0.39 is 30.2 Å². The predicted octanol–water partition coefficient (Wildman–Crippen LogP) is 6.90. The second-order valence-corrected chi connectivity index (χ2v) is 9.40. The van der Waals surface area contributed by atoms with Crippen molar-refractivity contribution in [3.05, 3.63) is 95.3 Å². The number of rotatable bonds is 5. The van der Waals surface area contributed by atoms with Crippen LogP contribution in [0.4, 0.5) is 5.69 Å². The molecule has 0 unspecified atom stereocenters. The highest BCUT2D eigenvalue weighted by Gasteiger charge is 2.43. The number of carbonyl (C=O) groups excluding carboxylic acids is 4. The third kappa shape index (κ3) is 4.23. The number of esters is 1. The van der Waals surface area contributed by atoms with Gasteiger partial charge >= 0.3 is 5.97 Å². The van der Waals surface area contributed by atoms with Crippen molar-refractivity contribution in [2.45, 2.75) is 0 Å². The minimum atomic E-state index is -0.911. The molecular formula is C23H10BrCl4NO5. The largest absolute Gasteiger partial charge is 0.454 e. The molecule has 0 atom stereocenters. The summed E-state index contributed by atoms with van der Waals surface area (Å²) in [4.78, 5) is 52.2. The van der Waals surface area contributed by atoms with Crippen LogP contribution in [-0.4, -0.2) is 30.2 Å². The van der Waals surface area contributed by atoms with Crippen LogP contribution in [0.15, 0.2) is 53.0 Å². The lowest BCUT2D eigenvalue weighted by molar-refractivity contribution is 0.0475. The van der Waals surface area contributed by atoms with Gasteiger partial charge in [-0.3, -0.25) is 14.4 Å². The van der Waals surface area contributed by atoms with E-state index >= 15 is 0 Å². The molecule has 3 aromatic carbocycles. The SMILES string of the molecule is O=C(COC(=O)c1ccccc1N1C(=O)c2c(Cl)c(Cl)c(Cl)c(Cl)c2C1=O)c1ccc(Br)cc1. The van der Waals surface area contributed by atoms with Crippen molar-refractivity contribution >= 4 is 91.6 Å². The van der Waals surface area contributed by atoms with Gasteiger partial charge in [0.15, 0.2) is 12.4 Å². The lowest BCUT2D eigenvalue weighted by Crippen LogP contribution is -2.31. The average Bonchev–Trinajstić information content (AvgIpc) is 3.09. The van der Waals surface area contributed by atoms with Crippen molar-refractivity contribution in [1.29, 1.82) is 0 Å². The zero-order chi connectivity index (χ0) is 24.7. The van der Waals surface area contributed by atoms with Gasteiger partial charge in [-0.1, -0.05) is 86.6 Å². The molecule has 1 aliphatic heterocycles. The summed E-state index contributed by atoms with van der Waals surface area (Å²) in [5.41, 5.74) is -0.291. The quantitative estimate of drug-likeness (QED) is 0.104. The van der Waals surface area contributed by atoms with E-state index in [2.05, 4.69) is 15.9 Å². The maximum absolute atomic E-state index is 13.1. The first kappa shape index (κ1) is 24.7. The number of ketones is 1. The zero-order valence-electron chi connectivity index (χ0n) is 16.7. The molecule has 0 spiro atoms. The zero-order valence-corrected chi connectivity index (χ0v) is 21.3. The Morgan fingerprint density at radius 1 is 0.794 bits per heavy atom. The Labute approximate surface area is 221 Å². The molecule has 0 bridgehead atoms. The number of nitrogens with zero attached hydrogens (tertiary/aromatic N) is 1. The van der Waals surface area contributed by atoms with Gasteiger partial charge in [-0.25, -0.2) is 9.69 Å². The number of hydrogen-bond acceptors (Lipinski definition) is 5. The molecule has 0 saturated carbocycles. The van der Waals surface area contributed by atoms with E-state index in [0.717, 1.165) is 9.37 Å². The topological polar surface area (TPSA) is 80.8 Å². The Bertz CT molecular complexity index is 1340. The number of para-hydroxylation sites is 1. The van der Waals surface area contributed by atoms with Gasteiger partial charge in [-0.2, -0.15) is 0 Å². The second-order valence-electron chi connectivity index (χ2n) is 6.97. The number of anilines is 1. The molecule has 4 rings (SSSR count). The summed E-state index contributed by atoms with van der Waals surface area (Å²) in [6.45, 7) is -0.542. The highest BCUT2D eigenvalue weighted by molar-refractivity contribution is 9.10. The van der Waals surface area contributed by atoms with E-state index in [9.17, 15) is 19.2 Å². The van der Waals surface area contributed by atoms with Crippen LogP contribution in [-0.2, 0) is 4.74 Å². The Hall–Kier alpha value is -2.42. The predicted molar refractivity (Wildman–Crippen MR) is 133 cm³/mol. The molecule has 3 aromatic rings. The van der Waals surface area contributed by atoms with Crippen LogP contribution in [0.1, 0.15) is 41.4 Å². The van der Waals surface area contributed by atoms with Crippen LogP contribution in [0.5, 0.6) is 0 Å². The molecular weight excluding hydrogens is 592 g/mol. The second kappa shape index (κ2) is 9.68. The minimum absolute atomic E-state index is 0.0748. The van der Waals surface area contributed by atoms with E-state index in [4.69, 9.17) is 51.1 Å². The fourth-order valence-corrected chi connectivity index (χ4v) is 4.62. The number of hydrogen-bond donors (Lipinski definition) is 0. The van der Waals surface area contributed by atoms with Crippen molar-refractivity contribution in [3.63, 3.8) is 0 Å². The maximum atomic E-state index is 13.1. The van der Waals surface area contributed by atoms with Gasteiger partial charge in [0.05, 0.1) is 42.5 Å². The first-order chi connectivity index (χ1) is 16.1. The minimum Gasteiger partial charge on any atom is -0.454 e. The van der Waals surface area contributed by atoms with Gasteiger partial charge in [0.25, 0.3) is 11.8 Å². The fourth-order valence-electron chi connectivity index (χ4n) is 3.34. The molecule has 0 N–H and O–H groups in total. The number of ether oxygens (including phenoxy) is 1. The van der Waals surface area contributed by atoms with Crippen LogP contribution in [0, 0.1) is 0 Å². The number of fused-ring (bicyclic) bond motifs is 1. The third-order valence-electron chi connectivity index (χ3n) is 4.97. The molecule has 172 valence electrons. The molecule has 1 heterocycles. The van der Waals surface area contributed by atoms with Crippen molar-refractivity contribution in [2.24, 2.45) is 0 Å². The van der Waals surface area contributed by atoms with Crippen LogP contribution in [0.25, 0.3) is 0 Å². The van der Waals surface area contributed by atoms with Gasteiger partial charge in [0.1, 0.15) is 0 Å². The third-order valence-corrected chi connectivity index (χ3v) is 7.30. The maximum Gasteiger partial charge on any atom is 0.340 e. The number of Topliss-reactive ketones (excluding diaryl/α,β-unsaturated/α-hetero) is 1. The lowest BCUT2D eigenvalue weighted by Gasteiger charge is -2.17. The van der Waals surface area contributed by atoms with E-state index in [1.165, 1.54) is 24.3 Å². The summed E-state index contributed by atoms with van der Waals surface area (Å²) in [6, 6.07) is 12.3. The average molecular weight is 602 g/mol. The van der Waals surface area contributed by atoms with E-state index in [-0.39, 0.29) is 42.5 Å². The Morgan fingerprint density at radius 2 is 1.32 bits per heavy atom. The molecule has 2 amide bonds. The molecule has 34 heavy (non-hydrogen) atoms. The molecule has 0 radical (unpaired) electrons. The standard InChI is InChI=1S/C23H10BrCl4NO5/c24-11-7-5-10(6-8-11)14(30)9-34-23(33)12-3-1-2-4-13(12)29-21(31)15-16(22(29)32)18(26)20(28)19(27)17(15)25/h1-8H,9H2. The summed E-state index contributed by atoms with van der Waals surface area (Å²) in [5.74, 6) is -3.01. The van der Waals surface area contributed by atoms with Crippen LogP contribution in [0.2, 0.25) is 20.1 Å². The van der Waals surface area contributed by atoms with Gasteiger partial charge in [0, 0.05) is 10.0 Å². The van der Waals surface area contributed by atoms with Gasteiger partial charge < -0.3 is 4.74 Å². The number of carbonyl (C=O) groups is 4. The normalized spacial score (nSPS) is 12.7. The summed E-state index contributed by atoms with van der Waals surface area (Å²) < 4.78 is 5.95. The van der Waals surface area contributed by atoms with Gasteiger partial charge in [-0.05, 0) is 24.3 Å². The summed E-state index contributed by atoms with van der Waals surface area (Å²) in [5, 5.41) is -0.803. The fraction of sp³-hybridized carbons (Fsp3) is 0.0435. The molecule has 0 fully saturated rings. The summed E-state index contributed by atoms with van der Waals surface area (Å²) >= 11 is 27.7. The van der Waals surface area contributed by atoms with E-state index in [0.29, 0.717) is 5.56 Å². The van der Waals surface area contributed by atoms with Crippen LogP contribution >= 0.6 is 62.3 Å². The molecule has 0 aromatic heterocycles. The first-order valence-electron chi connectivity index (χ1n) is 9.43. The monoisotopic (exact) mass is 599 g/mol. The highest BCUT2D eigenvalue weighted by atomic mass is 79.9. The Morgan fingerprint density at radius 3 is 1.88 bits per heavy atom. The highest BCUT2D eigenvalue weighted by Crippen LogP contribution is 2.46. The molecule has 11 heteroatoms. The molecule has 0 saturated heterocycles. The van der Waals surface area contributed by atoms with Crippen molar-refractivity contribution in [2.75, 3.05) is 11.5 Å². The van der Waals surface area contributed by atoms with Crippen LogP contribution in [0.3, 0.4) is 0 Å². The number of benzene rings is 3. The van der Waals surface area contributed by atoms with Crippen molar-refractivity contribution < 1.29 is 23.9 Å². The Kier molecular flexibility index (Phi) is 7.03. The van der Waals surface area contributed by atoms with E-state index in [1.54, 1.807) is 24.3 Å². The van der Waals surface area contributed by atoms with Gasteiger partial charge in [-0.15, -0.1) is 0 Å². The number of imide groups is 1. The molecule has 1 aliphatic rings. The molecule has 6 nitrogen and oxygen atoms in total. The molecule has 0 aliphatic carbocycles. The summed E-state index contributed by atoms with van der Waals surface area (Å²) in [7, 11) is 0. The first-order valence-corrected chi connectivity index (χ1v) is 11.7. The lowest BCUT2D eigenvalue weighted by atomic mass is 10.1. The van der Waals surface area contributed by atoms with E-state index in [1.807, 2.05) is 0 Å². The number of halogens is 5. The smallest absolute Gasteiger partial charge is 0.340 e. The Balaban J connectivity index is 1.64. The number of amides is 2. The summed E-state index contributed by atoms with van der Waals surface area (Å²) in [6.07, 6.45) is 0.